The maximum atomic E-state index is 10.7. The van der Waals surface area contributed by atoms with E-state index >= 15 is 0 Å². The largest absolute Gasteiger partial charge is 0.502 e. The number of epoxide rings is 1. The summed E-state index contributed by atoms with van der Waals surface area (Å²) in [6.45, 7) is 13.1. The molecule has 0 spiro atoms. The van der Waals surface area contributed by atoms with Crippen molar-refractivity contribution >= 4 is 5.97 Å². The first kappa shape index (κ1) is 19.7. The van der Waals surface area contributed by atoms with Crippen molar-refractivity contribution in [3.8, 4) is 0 Å². The van der Waals surface area contributed by atoms with Crippen molar-refractivity contribution in [1.29, 1.82) is 0 Å². The summed E-state index contributed by atoms with van der Waals surface area (Å²) >= 11 is 0. The third-order valence-electron chi connectivity index (χ3n) is 3.34. The SMILES string of the molecule is C=C(CC1CO1)C(=O)OC.C=COCC(CC)CCCC. The first-order valence-corrected chi connectivity index (χ1v) is 7.69. The molecular formula is C17H30O4. The standard InChI is InChI=1S/C10H20O.C7H10O3/c1-4-7-8-10(5-2)9-11-6-3;1-5(7(8)9-2)3-6-4-10-6/h6,10H,3-5,7-9H2,1-2H3;6H,1,3-4H2,2H3. The number of unbranched alkanes of at least 4 members (excludes halogenated alkanes) is 1. The Morgan fingerprint density at radius 3 is 2.57 bits per heavy atom. The normalized spacial score (nSPS) is 17.0. The topological polar surface area (TPSA) is 48.1 Å². The van der Waals surface area contributed by atoms with Gasteiger partial charge in [-0.1, -0.05) is 46.3 Å². The van der Waals surface area contributed by atoms with Gasteiger partial charge in [0.2, 0.25) is 0 Å². The van der Waals surface area contributed by atoms with Gasteiger partial charge in [0.1, 0.15) is 0 Å². The molecule has 0 aromatic heterocycles. The molecule has 2 atom stereocenters. The summed E-state index contributed by atoms with van der Waals surface area (Å²) in [5, 5.41) is 0. The Hall–Kier alpha value is -1.29. The summed E-state index contributed by atoms with van der Waals surface area (Å²) in [5.74, 6) is 0.392. The lowest BCUT2D eigenvalue weighted by atomic mass is 10.0. The maximum absolute atomic E-state index is 10.7. The van der Waals surface area contributed by atoms with E-state index in [2.05, 4.69) is 31.7 Å². The average Bonchev–Trinajstić information content (AvgIpc) is 3.31. The lowest BCUT2D eigenvalue weighted by Gasteiger charge is -2.12. The fourth-order valence-electron chi connectivity index (χ4n) is 1.79. The molecule has 1 heterocycles. The number of esters is 1. The second kappa shape index (κ2) is 12.5. The van der Waals surface area contributed by atoms with E-state index in [1.165, 1.54) is 39.1 Å². The van der Waals surface area contributed by atoms with E-state index in [1.54, 1.807) is 0 Å². The van der Waals surface area contributed by atoms with Crippen molar-refractivity contribution in [2.75, 3.05) is 20.3 Å². The van der Waals surface area contributed by atoms with Crippen LogP contribution >= 0.6 is 0 Å². The molecule has 21 heavy (non-hydrogen) atoms. The van der Waals surface area contributed by atoms with Crippen molar-refractivity contribution in [3.05, 3.63) is 25.0 Å². The van der Waals surface area contributed by atoms with Gasteiger partial charge < -0.3 is 14.2 Å². The third-order valence-corrected chi connectivity index (χ3v) is 3.34. The highest BCUT2D eigenvalue weighted by Gasteiger charge is 2.25. The Bertz CT molecular complexity index is 308. The van der Waals surface area contributed by atoms with E-state index in [-0.39, 0.29) is 12.1 Å². The van der Waals surface area contributed by atoms with Crippen LogP contribution in [0.5, 0.6) is 0 Å². The highest BCUT2D eigenvalue weighted by atomic mass is 16.6. The van der Waals surface area contributed by atoms with Crippen LogP contribution in [0.2, 0.25) is 0 Å². The van der Waals surface area contributed by atoms with Gasteiger partial charge in [0.25, 0.3) is 0 Å². The van der Waals surface area contributed by atoms with Crippen molar-refractivity contribution in [2.45, 2.75) is 52.1 Å². The maximum Gasteiger partial charge on any atom is 0.333 e. The Morgan fingerprint density at radius 1 is 1.48 bits per heavy atom. The molecule has 1 fully saturated rings. The van der Waals surface area contributed by atoms with Crippen LogP contribution in [0.4, 0.5) is 0 Å². The fourth-order valence-corrected chi connectivity index (χ4v) is 1.79. The smallest absolute Gasteiger partial charge is 0.333 e. The van der Waals surface area contributed by atoms with Crippen molar-refractivity contribution < 1.29 is 19.0 Å². The third kappa shape index (κ3) is 11.1. The summed E-state index contributed by atoms with van der Waals surface area (Å²) in [6, 6.07) is 0. The number of hydrogen-bond donors (Lipinski definition) is 0. The molecule has 1 aliphatic heterocycles. The summed E-state index contributed by atoms with van der Waals surface area (Å²) in [7, 11) is 1.35. The highest BCUT2D eigenvalue weighted by Crippen LogP contribution is 2.18. The molecule has 4 nitrogen and oxygen atoms in total. The van der Waals surface area contributed by atoms with Crippen LogP contribution in [0.1, 0.15) is 46.0 Å². The highest BCUT2D eigenvalue weighted by molar-refractivity contribution is 5.87. The first-order chi connectivity index (χ1) is 10.1. The molecule has 0 bridgehead atoms. The number of rotatable bonds is 10. The number of ether oxygens (including phenoxy) is 3. The summed E-state index contributed by atoms with van der Waals surface area (Å²) in [4.78, 5) is 10.7. The minimum absolute atomic E-state index is 0.214. The molecule has 0 saturated carbocycles. The van der Waals surface area contributed by atoms with E-state index in [0.717, 1.165) is 19.1 Å². The van der Waals surface area contributed by atoms with Gasteiger partial charge in [-0.15, -0.1) is 0 Å². The molecule has 2 unspecified atom stereocenters. The Kier molecular flexibility index (Phi) is 11.7. The first-order valence-electron chi connectivity index (χ1n) is 7.69. The van der Waals surface area contributed by atoms with Crippen LogP contribution in [-0.4, -0.2) is 32.4 Å². The Labute approximate surface area is 129 Å². The summed E-state index contributed by atoms with van der Waals surface area (Å²) < 4.78 is 14.5. The van der Waals surface area contributed by atoms with Crippen LogP contribution in [0, 0.1) is 5.92 Å². The number of hydrogen-bond acceptors (Lipinski definition) is 4. The molecule has 0 radical (unpaired) electrons. The molecule has 0 aromatic carbocycles. The van der Waals surface area contributed by atoms with Crippen LogP contribution in [0.15, 0.2) is 25.0 Å². The van der Waals surface area contributed by atoms with Gasteiger partial charge in [0, 0.05) is 12.0 Å². The van der Waals surface area contributed by atoms with Crippen LogP contribution < -0.4 is 0 Å². The minimum atomic E-state index is -0.337. The van der Waals surface area contributed by atoms with Crippen LogP contribution in [0.3, 0.4) is 0 Å². The Morgan fingerprint density at radius 2 is 2.14 bits per heavy atom. The molecule has 1 rings (SSSR count). The van der Waals surface area contributed by atoms with E-state index in [0.29, 0.717) is 12.0 Å². The monoisotopic (exact) mass is 298 g/mol. The molecule has 1 saturated heterocycles. The van der Waals surface area contributed by atoms with Crippen LogP contribution in [-0.2, 0) is 19.0 Å². The number of carbonyl (C=O) groups excluding carboxylic acids is 1. The van der Waals surface area contributed by atoms with Gasteiger partial charge in [-0.2, -0.15) is 0 Å². The fraction of sp³-hybridized carbons (Fsp3) is 0.706. The van der Waals surface area contributed by atoms with E-state index in [4.69, 9.17) is 9.47 Å². The van der Waals surface area contributed by atoms with Gasteiger partial charge in [-0.25, -0.2) is 4.79 Å². The quantitative estimate of drug-likeness (QED) is 0.266. The van der Waals surface area contributed by atoms with Crippen molar-refractivity contribution in [2.24, 2.45) is 5.92 Å². The van der Waals surface area contributed by atoms with Gasteiger partial charge in [-0.05, 0) is 12.3 Å². The lowest BCUT2D eigenvalue weighted by Crippen LogP contribution is -2.05. The Balaban J connectivity index is 0.000000382. The van der Waals surface area contributed by atoms with Gasteiger partial charge >= 0.3 is 5.97 Å². The average molecular weight is 298 g/mol. The molecule has 0 aromatic rings. The molecule has 122 valence electrons. The minimum Gasteiger partial charge on any atom is -0.502 e. The lowest BCUT2D eigenvalue weighted by molar-refractivity contribution is -0.136. The van der Waals surface area contributed by atoms with Gasteiger partial charge in [0.05, 0.1) is 32.7 Å². The zero-order chi connectivity index (χ0) is 16.1. The molecule has 0 N–H and O–H groups in total. The second-order valence-electron chi connectivity index (χ2n) is 5.17. The molecule has 4 heteroatoms. The predicted octanol–water partition coefficient (Wildman–Crippen LogP) is 3.87. The van der Waals surface area contributed by atoms with Gasteiger partial charge in [0.15, 0.2) is 0 Å². The van der Waals surface area contributed by atoms with Gasteiger partial charge in [-0.3, -0.25) is 0 Å². The molecule has 0 aliphatic carbocycles. The summed E-state index contributed by atoms with van der Waals surface area (Å²) in [5.41, 5.74) is 0.491. The van der Waals surface area contributed by atoms with E-state index in [9.17, 15) is 4.79 Å². The van der Waals surface area contributed by atoms with Crippen LogP contribution in [0.25, 0.3) is 0 Å². The summed E-state index contributed by atoms with van der Waals surface area (Å²) in [6.07, 6.45) is 7.46. The van der Waals surface area contributed by atoms with Crippen molar-refractivity contribution in [3.63, 3.8) is 0 Å². The zero-order valence-electron chi connectivity index (χ0n) is 13.7. The van der Waals surface area contributed by atoms with E-state index < -0.39 is 0 Å². The molecule has 0 amide bonds. The second-order valence-corrected chi connectivity index (χ2v) is 5.17. The molecule has 1 aliphatic rings. The predicted molar refractivity (Wildman–Crippen MR) is 85.0 cm³/mol. The number of methoxy groups -OCH3 is 1. The van der Waals surface area contributed by atoms with E-state index in [1.807, 2.05) is 0 Å². The zero-order valence-corrected chi connectivity index (χ0v) is 13.7. The van der Waals surface area contributed by atoms with Crippen molar-refractivity contribution in [1.82, 2.24) is 0 Å². The molecular weight excluding hydrogens is 268 g/mol. The number of carbonyl (C=O) groups is 1.